The molecule has 2 aromatic rings. The van der Waals surface area contributed by atoms with Gasteiger partial charge in [0.2, 0.25) is 5.91 Å². The highest BCUT2D eigenvalue weighted by Crippen LogP contribution is 2.55. The normalized spacial score (nSPS) is 26.4. The summed E-state index contributed by atoms with van der Waals surface area (Å²) in [5, 5.41) is 22.5. The number of carboxylic acid groups (broad SMARTS) is 1. The first-order chi connectivity index (χ1) is 19.7. The SMILES string of the molecule is CCn1cc(NC(=O)C2C(C3=C(F)C(Cl)CC=C3)C(C#N)(c3ccc(Cl)cc3F)C(CC(C)(C)C)N2C)cc1C(=O)O. The van der Waals surface area contributed by atoms with E-state index in [0.29, 0.717) is 13.0 Å². The summed E-state index contributed by atoms with van der Waals surface area (Å²) in [7, 11) is 1.67. The number of halogens is 4. The second kappa shape index (κ2) is 11.8. The molecule has 1 fully saturated rings. The summed E-state index contributed by atoms with van der Waals surface area (Å²) in [6.07, 6.45) is 5.30. The number of likely N-dealkylation sites (N-methyl/N-ethyl adjacent to an activating group) is 1. The molecule has 0 spiro atoms. The molecule has 5 unspecified atom stereocenters. The third-order valence-electron chi connectivity index (χ3n) is 8.15. The third kappa shape index (κ3) is 5.60. The summed E-state index contributed by atoms with van der Waals surface area (Å²) in [4.78, 5) is 27.6. The predicted octanol–water partition coefficient (Wildman–Crippen LogP) is 6.92. The number of amides is 1. The van der Waals surface area contributed by atoms with Crippen molar-refractivity contribution >= 4 is 40.8 Å². The van der Waals surface area contributed by atoms with Crippen molar-refractivity contribution in [3.63, 3.8) is 0 Å². The number of nitriles is 1. The molecule has 1 aliphatic carbocycles. The van der Waals surface area contributed by atoms with Gasteiger partial charge in [-0.25, -0.2) is 13.6 Å². The van der Waals surface area contributed by atoms with Crippen molar-refractivity contribution in [1.29, 1.82) is 5.26 Å². The molecule has 2 N–H and O–H groups in total. The maximum absolute atomic E-state index is 16.0. The van der Waals surface area contributed by atoms with E-state index < -0.39 is 52.3 Å². The molecule has 1 saturated heterocycles. The fourth-order valence-corrected chi connectivity index (χ4v) is 6.77. The van der Waals surface area contributed by atoms with Gasteiger partial charge < -0.3 is 15.0 Å². The molecule has 0 radical (unpaired) electrons. The van der Waals surface area contributed by atoms with Gasteiger partial charge in [0, 0.05) is 35.3 Å². The minimum atomic E-state index is -1.73. The van der Waals surface area contributed by atoms with Gasteiger partial charge >= 0.3 is 5.97 Å². The highest BCUT2D eigenvalue weighted by atomic mass is 35.5. The number of alkyl halides is 1. The van der Waals surface area contributed by atoms with E-state index in [1.165, 1.54) is 35.0 Å². The van der Waals surface area contributed by atoms with Crippen LogP contribution in [-0.2, 0) is 16.8 Å². The molecule has 1 aromatic carbocycles. The molecule has 7 nitrogen and oxygen atoms in total. The van der Waals surface area contributed by atoms with E-state index in [1.807, 2.05) is 20.8 Å². The highest BCUT2D eigenvalue weighted by Gasteiger charge is 2.64. The van der Waals surface area contributed by atoms with Gasteiger partial charge in [-0.15, -0.1) is 11.6 Å². The fourth-order valence-electron chi connectivity index (χ4n) is 6.39. The zero-order valence-corrected chi connectivity index (χ0v) is 25.6. The van der Waals surface area contributed by atoms with Crippen LogP contribution in [0.15, 0.2) is 54.0 Å². The number of nitrogens with one attached hydrogen (secondary N) is 1. The molecule has 2 heterocycles. The van der Waals surface area contributed by atoms with Crippen LogP contribution >= 0.6 is 23.2 Å². The largest absolute Gasteiger partial charge is 0.477 e. The van der Waals surface area contributed by atoms with Crippen molar-refractivity contribution in [3.8, 4) is 6.07 Å². The zero-order valence-electron chi connectivity index (χ0n) is 24.1. The predicted molar refractivity (Wildman–Crippen MR) is 159 cm³/mol. The summed E-state index contributed by atoms with van der Waals surface area (Å²) in [6.45, 7) is 8.04. The van der Waals surface area contributed by atoms with Crippen LogP contribution in [0.5, 0.6) is 0 Å². The smallest absolute Gasteiger partial charge is 0.352 e. The molecule has 1 aromatic heterocycles. The second-order valence-electron chi connectivity index (χ2n) is 12.1. The van der Waals surface area contributed by atoms with Crippen molar-refractivity contribution < 1.29 is 23.5 Å². The Morgan fingerprint density at radius 3 is 2.50 bits per heavy atom. The average Bonchev–Trinajstić information content (AvgIpc) is 3.42. The Balaban J connectivity index is 1.97. The van der Waals surface area contributed by atoms with Crippen LogP contribution in [0.25, 0.3) is 0 Å². The molecule has 11 heteroatoms. The number of allylic oxidation sites excluding steroid dienone is 3. The molecule has 224 valence electrons. The number of carbonyl (C=O) groups is 2. The number of likely N-dealkylation sites (tertiary alicyclic amines) is 1. The molecule has 42 heavy (non-hydrogen) atoms. The van der Waals surface area contributed by atoms with Crippen LogP contribution in [0.4, 0.5) is 14.5 Å². The fraction of sp³-hybridized carbons (Fsp3) is 0.452. The van der Waals surface area contributed by atoms with Crippen molar-refractivity contribution in [2.45, 2.75) is 70.0 Å². The molecule has 2 aliphatic rings. The van der Waals surface area contributed by atoms with Crippen molar-refractivity contribution in [2.75, 3.05) is 12.4 Å². The monoisotopic (exact) mass is 618 g/mol. The van der Waals surface area contributed by atoms with Gasteiger partial charge in [0.15, 0.2) is 0 Å². The lowest BCUT2D eigenvalue weighted by Crippen LogP contribution is -2.46. The summed E-state index contributed by atoms with van der Waals surface area (Å²) >= 11 is 12.4. The van der Waals surface area contributed by atoms with Gasteiger partial charge in [-0.1, -0.05) is 50.6 Å². The van der Waals surface area contributed by atoms with E-state index >= 15 is 8.78 Å². The number of carboxylic acids is 1. The van der Waals surface area contributed by atoms with Crippen LogP contribution in [0.3, 0.4) is 0 Å². The Morgan fingerprint density at radius 1 is 1.26 bits per heavy atom. The van der Waals surface area contributed by atoms with E-state index in [9.17, 15) is 20.0 Å². The van der Waals surface area contributed by atoms with Crippen molar-refractivity contribution in [1.82, 2.24) is 9.47 Å². The number of aromatic nitrogens is 1. The van der Waals surface area contributed by atoms with Crippen LogP contribution in [0, 0.1) is 28.5 Å². The van der Waals surface area contributed by atoms with Crippen LogP contribution < -0.4 is 5.32 Å². The topological polar surface area (TPSA) is 98.4 Å². The van der Waals surface area contributed by atoms with Crippen LogP contribution in [-0.4, -0.2) is 51.0 Å². The van der Waals surface area contributed by atoms with E-state index in [2.05, 4.69) is 11.4 Å². The minimum absolute atomic E-state index is 0.00601. The molecule has 4 rings (SSSR count). The number of aryl methyl sites for hydroxylation is 1. The number of hydrogen-bond donors (Lipinski definition) is 2. The summed E-state index contributed by atoms with van der Waals surface area (Å²) in [6, 6.07) is 5.83. The standard InChI is InChI=1S/C31H34Cl2F2N4O3/c1-6-39-15-18(13-23(39)29(41)42)37-28(40)27-25(19-8-7-9-21(33)26(19)35)31(16-36,20-11-10-17(32)12-22(20)34)24(38(27)5)14-30(2,3)4/h7-8,10-13,15,21,24-25,27H,6,9,14H2,1-5H3,(H,37,40)(H,41,42). The van der Waals surface area contributed by atoms with Crippen LogP contribution in [0.1, 0.15) is 56.6 Å². The van der Waals surface area contributed by atoms with Crippen molar-refractivity contribution in [3.05, 3.63) is 76.1 Å². The Labute approximate surface area is 254 Å². The highest BCUT2D eigenvalue weighted by molar-refractivity contribution is 6.30. The number of aromatic carboxylic acids is 1. The maximum atomic E-state index is 16.0. The number of carbonyl (C=O) groups excluding carboxylic acids is 1. The van der Waals surface area contributed by atoms with Gasteiger partial charge in [0.25, 0.3) is 0 Å². The lowest BCUT2D eigenvalue weighted by atomic mass is 9.62. The first-order valence-electron chi connectivity index (χ1n) is 13.7. The van der Waals surface area contributed by atoms with E-state index in [4.69, 9.17) is 23.2 Å². The van der Waals surface area contributed by atoms with Gasteiger partial charge in [0.1, 0.15) is 22.8 Å². The molecule has 1 amide bonds. The third-order valence-corrected chi connectivity index (χ3v) is 8.75. The molecular formula is C31H34Cl2F2N4O3. The van der Waals surface area contributed by atoms with Gasteiger partial charge in [-0.05, 0) is 56.0 Å². The maximum Gasteiger partial charge on any atom is 0.352 e. The first-order valence-corrected chi connectivity index (χ1v) is 14.5. The van der Waals surface area contributed by atoms with E-state index in [0.717, 1.165) is 6.07 Å². The quantitative estimate of drug-likeness (QED) is 0.328. The molecule has 5 atom stereocenters. The summed E-state index contributed by atoms with van der Waals surface area (Å²) in [5.74, 6) is -4.35. The second-order valence-corrected chi connectivity index (χ2v) is 13.0. The van der Waals surface area contributed by atoms with E-state index in [-0.39, 0.29) is 39.4 Å². The van der Waals surface area contributed by atoms with Gasteiger partial charge in [-0.3, -0.25) is 9.69 Å². The Kier molecular flexibility index (Phi) is 8.94. The minimum Gasteiger partial charge on any atom is -0.477 e. The molecule has 1 aliphatic heterocycles. The summed E-state index contributed by atoms with van der Waals surface area (Å²) < 4.78 is 33.3. The number of nitrogens with zero attached hydrogens (tertiary/aromatic N) is 3. The Bertz CT molecular complexity index is 1510. The lowest BCUT2D eigenvalue weighted by Gasteiger charge is -2.39. The number of anilines is 1. The molecule has 0 saturated carbocycles. The number of rotatable bonds is 7. The Morgan fingerprint density at radius 2 is 1.95 bits per heavy atom. The van der Waals surface area contributed by atoms with Crippen LogP contribution in [0.2, 0.25) is 5.02 Å². The first kappa shape index (κ1) is 31.7. The Hall–Kier alpha value is -3.19. The summed E-state index contributed by atoms with van der Waals surface area (Å²) in [5.41, 5.74) is -1.83. The zero-order chi connectivity index (χ0) is 31.1. The number of benzene rings is 1. The molecule has 0 bridgehead atoms. The van der Waals surface area contributed by atoms with Crippen molar-refractivity contribution in [2.24, 2.45) is 11.3 Å². The van der Waals surface area contributed by atoms with E-state index in [1.54, 1.807) is 24.9 Å². The molecular weight excluding hydrogens is 585 g/mol. The lowest BCUT2D eigenvalue weighted by molar-refractivity contribution is -0.121. The average molecular weight is 620 g/mol. The van der Waals surface area contributed by atoms with Gasteiger partial charge in [0.05, 0.1) is 23.2 Å². The number of hydrogen-bond acceptors (Lipinski definition) is 4. The van der Waals surface area contributed by atoms with Gasteiger partial charge in [-0.2, -0.15) is 5.26 Å².